The maximum absolute atomic E-state index is 4.91. The molecule has 0 bridgehead atoms. The molecule has 0 aliphatic carbocycles. The summed E-state index contributed by atoms with van der Waals surface area (Å²) in [7, 11) is 0. The van der Waals surface area contributed by atoms with E-state index in [0.29, 0.717) is 6.04 Å². The maximum Gasteiger partial charge on any atom is 0.133 e. The quantitative estimate of drug-likeness (QED) is 0.831. The summed E-state index contributed by atoms with van der Waals surface area (Å²) < 4.78 is 0. The van der Waals surface area contributed by atoms with Gasteiger partial charge in [-0.2, -0.15) is 0 Å². The Morgan fingerprint density at radius 3 is 2.86 bits per heavy atom. The molecule has 2 heterocycles. The second-order valence-corrected chi connectivity index (χ2v) is 6.45. The Labute approximate surface area is 130 Å². The summed E-state index contributed by atoms with van der Waals surface area (Å²) in [5, 5.41) is 3.55. The van der Waals surface area contributed by atoms with Crippen LogP contribution < -0.4 is 10.2 Å². The van der Waals surface area contributed by atoms with Gasteiger partial charge in [-0.25, -0.2) is 4.98 Å². The summed E-state index contributed by atoms with van der Waals surface area (Å²) in [5.41, 5.74) is 3.90. The fourth-order valence-electron chi connectivity index (χ4n) is 3.28. The highest BCUT2D eigenvalue weighted by Crippen LogP contribution is 2.28. The Morgan fingerprint density at radius 2 is 2.10 bits per heavy atom. The number of hydrogen-bond acceptors (Lipinski definition) is 3. The summed E-state index contributed by atoms with van der Waals surface area (Å²) in [6.45, 7) is 12.1. The number of anilines is 1. The van der Waals surface area contributed by atoms with E-state index in [1.165, 1.54) is 49.0 Å². The van der Waals surface area contributed by atoms with E-state index in [-0.39, 0.29) is 0 Å². The molecule has 1 aromatic heterocycles. The van der Waals surface area contributed by atoms with Crippen molar-refractivity contribution in [2.45, 2.75) is 72.4 Å². The molecule has 0 amide bonds. The van der Waals surface area contributed by atoms with Crippen LogP contribution in [-0.4, -0.2) is 24.1 Å². The standard InChI is InChI=1S/C18H31N3/c1-5-10-19-13-17-14(2)12-15(3)20-18(17)21-11-8-6-7-9-16(21)4/h12,16,19H,5-11,13H2,1-4H3. The highest BCUT2D eigenvalue weighted by atomic mass is 15.2. The van der Waals surface area contributed by atoms with Crippen molar-refractivity contribution in [2.24, 2.45) is 0 Å². The van der Waals surface area contributed by atoms with Gasteiger partial charge in [-0.05, 0) is 58.2 Å². The number of nitrogens with one attached hydrogen (secondary N) is 1. The van der Waals surface area contributed by atoms with Crippen LogP contribution in [-0.2, 0) is 6.54 Å². The van der Waals surface area contributed by atoms with Crippen LogP contribution in [0.15, 0.2) is 6.07 Å². The molecular weight excluding hydrogens is 258 g/mol. The SMILES string of the molecule is CCCNCc1c(C)cc(C)nc1N1CCCCCC1C. The molecule has 1 unspecified atom stereocenters. The van der Waals surface area contributed by atoms with Crippen LogP contribution in [0.25, 0.3) is 0 Å². The van der Waals surface area contributed by atoms with Crippen molar-refractivity contribution in [3.8, 4) is 0 Å². The molecule has 1 N–H and O–H groups in total. The van der Waals surface area contributed by atoms with E-state index in [0.717, 1.165) is 25.3 Å². The minimum absolute atomic E-state index is 0.603. The number of pyridine rings is 1. The first-order valence-electron chi connectivity index (χ1n) is 8.58. The van der Waals surface area contributed by atoms with E-state index < -0.39 is 0 Å². The molecule has 3 nitrogen and oxygen atoms in total. The van der Waals surface area contributed by atoms with Gasteiger partial charge in [-0.15, -0.1) is 0 Å². The van der Waals surface area contributed by atoms with Gasteiger partial charge in [0.1, 0.15) is 5.82 Å². The Morgan fingerprint density at radius 1 is 1.29 bits per heavy atom. The van der Waals surface area contributed by atoms with E-state index in [9.17, 15) is 0 Å². The third-order valence-electron chi connectivity index (χ3n) is 4.51. The fourth-order valence-corrected chi connectivity index (χ4v) is 3.28. The molecule has 0 radical (unpaired) electrons. The highest BCUT2D eigenvalue weighted by molar-refractivity contribution is 5.52. The zero-order valence-electron chi connectivity index (χ0n) is 14.2. The Bertz CT molecular complexity index is 456. The lowest BCUT2D eigenvalue weighted by Crippen LogP contribution is -2.35. The molecule has 1 saturated heterocycles. The lowest BCUT2D eigenvalue weighted by Gasteiger charge is -2.31. The van der Waals surface area contributed by atoms with Crippen molar-refractivity contribution in [3.63, 3.8) is 0 Å². The molecule has 2 rings (SSSR count). The smallest absolute Gasteiger partial charge is 0.133 e. The van der Waals surface area contributed by atoms with E-state index in [1.54, 1.807) is 0 Å². The predicted molar refractivity (Wildman–Crippen MR) is 91.0 cm³/mol. The van der Waals surface area contributed by atoms with E-state index >= 15 is 0 Å². The second kappa shape index (κ2) is 7.79. The molecule has 0 spiro atoms. The topological polar surface area (TPSA) is 28.2 Å². The first-order chi connectivity index (χ1) is 10.1. The first-order valence-corrected chi connectivity index (χ1v) is 8.58. The molecule has 1 aliphatic rings. The van der Waals surface area contributed by atoms with E-state index in [2.05, 4.69) is 44.0 Å². The van der Waals surface area contributed by atoms with Gasteiger partial charge in [0.05, 0.1) is 0 Å². The minimum atomic E-state index is 0.603. The zero-order chi connectivity index (χ0) is 15.2. The van der Waals surface area contributed by atoms with Gasteiger partial charge in [0.15, 0.2) is 0 Å². The van der Waals surface area contributed by atoms with E-state index in [4.69, 9.17) is 4.98 Å². The fraction of sp³-hybridized carbons (Fsp3) is 0.722. The molecule has 3 heteroatoms. The lowest BCUT2D eigenvalue weighted by molar-refractivity contribution is 0.603. The second-order valence-electron chi connectivity index (χ2n) is 6.45. The number of aromatic nitrogens is 1. The molecule has 1 aliphatic heterocycles. The predicted octanol–water partition coefficient (Wildman–Crippen LogP) is 3.97. The van der Waals surface area contributed by atoms with Crippen molar-refractivity contribution in [1.29, 1.82) is 0 Å². The van der Waals surface area contributed by atoms with Crippen LogP contribution in [0.5, 0.6) is 0 Å². The van der Waals surface area contributed by atoms with Crippen molar-refractivity contribution >= 4 is 5.82 Å². The largest absolute Gasteiger partial charge is 0.354 e. The Kier molecular flexibility index (Phi) is 6.04. The van der Waals surface area contributed by atoms with Crippen LogP contribution in [0.3, 0.4) is 0 Å². The van der Waals surface area contributed by atoms with Gasteiger partial charge < -0.3 is 10.2 Å². The highest BCUT2D eigenvalue weighted by Gasteiger charge is 2.22. The summed E-state index contributed by atoms with van der Waals surface area (Å²) in [6.07, 6.45) is 6.46. The molecule has 0 saturated carbocycles. The molecule has 118 valence electrons. The Hall–Kier alpha value is -1.09. The van der Waals surface area contributed by atoms with Gasteiger partial charge in [0.25, 0.3) is 0 Å². The summed E-state index contributed by atoms with van der Waals surface area (Å²) in [5.74, 6) is 1.23. The number of rotatable bonds is 5. The van der Waals surface area contributed by atoms with Crippen LogP contribution in [0.1, 0.15) is 62.8 Å². The third kappa shape index (κ3) is 4.19. The van der Waals surface area contributed by atoms with Crippen molar-refractivity contribution < 1.29 is 0 Å². The van der Waals surface area contributed by atoms with Crippen molar-refractivity contribution in [1.82, 2.24) is 10.3 Å². The number of hydrogen-bond donors (Lipinski definition) is 1. The molecule has 1 aromatic rings. The van der Waals surface area contributed by atoms with E-state index in [1.807, 2.05) is 0 Å². The lowest BCUT2D eigenvalue weighted by atomic mass is 10.1. The van der Waals surface area contributed by atoms with Gasteiger partial charge in [-0.1, -0.05) is 19.8 Å². The summed E-state index contributed by atoms with van der Waals surface area (Å²) >= 11 is 0. The Balaban J connectivity index is 2.30. The van der Waals surface area contributed by atoms with Gasteiger partial charge >= 0.3 is 0 Å². The van der Waals surface area contributed by atoms with Gasteiger partial charge in [-0.3, -0.25) is 0 Å². The average Bonchev–Trinajstić information content (AvgIpc) is 2.65. The minimum Gasteiger partial charge on any atom is -0.354 e. The van der Waals surface area contributed by atoms with Gasteiger partial charge in [0.2, 0.25) is 0 Å². The summed E-state index contributed by atoms with van der Waals surface area (Å²) in [4.78, 5) is 7.47. The monoisotopic (exact) mass is 289 g/mol. The van der Waals surface area contributed by atoms with Crippen LogP contribution >= 0.6 is 0 Å². The first kappa shape index (κ1) is 16.3. The van der Waals surface area contributed by atoms with Crippen LogP contribution in [0.4, 0.5) is 5.82 Å². The van der Waals surface area contributed by atoms with Crippen LogP contribution in [0.2, 0.25) is 0 Å². The van der Waals surface area contributed by atoms with Crippen molar-refractivity contribution in [2.75, 3.05) is 18.0 Å². The van der Waals surface area contributed by atoms with Gasteiger partial charge in [0, 0.05) is 30.4 Å². The normalized spacial score (nSPS) is 19.6. The third-order valence-corrected chi connectivity index (χ3v) is 4.51. The molecule has 1 atom stereocenters. The molecule has 0 aromatic carbocycles. The van der Waals surface area contributed by atoms with Crippen molar-refractivity contribution in [3.05, 3.63) is 22.9 Å². The van der Waals surface area contributed by atoms with Crippen LogP contribution in [0, 0.1) is 13.8 Å². The maximum atomic E-state index is 4.91. The summed E-state index contributed by atoms with van der Waals surface area (Å²) in [6, 6.07) is 2.82. The number of aryl methyl sites for hydroxylation is 2. The molecule has 21 heavy (non-hydrogen) atoms. The number of nitrogens with zero attached hydrogens (tertiary/aromatic N) is 2. The molecular formula is C18H31N3. The zero-order valence-corrected chi connectivity index (χ0v) is 14.2. The molecule has 1 fully saturated rings. The average molecular weight is 289 g/mol.